The van der Waals surface area contributed by atoms with E-state index >= 15 is 0 Å². The van der Waals surface area contributed by atoms with Crippen LogP contribution in [0.4, 0.5) is 4.39 Å². The minimum absolute atomic E-state index is 0.0510. The highest BCUT2D eigenvalue weighted by Gasteiger charge is 2.29. The summed E-state index contributed by atoms with van der Waals surface area (Å²) < 4.78 is 14.0. The molecule has 2 rings (SSSR count). The average Bonchev–Trinajstić information content (AvgIpc) is 2.60. The summed E-state index contributed by atoms with van der Waals surface area (Å²) in [5.41, 5.74) is 3.39. The molecule has 0 aliphatic carbocycles. The van der Waals surface area contributed by atoms with E-state index in [9.17, 15) is 4.39 Å². The van der Waals surface area contributed by atoms with E-state index in [0.717, 1.165) is 26.1 Å². The van der Waals surface area contributed by atoms with Crippen LogP contribution in [0, 0.1) is 5.82 Å². The number of likely N-dealkylation sites (N-methyl/N-ethyl adjacent to an activating group) is 2. The van der Waals surface area contributed by atoms with Gasteiger partial charge in [0.2, 0.25) is 0 Å². The Hall–Kier alpha value is -0.720. The second kappa shape index (κ2) is 7.51. The summed E-state index contributed by atoms with van der Waals surface area (Å²) in [4.78, 5) is 4.59. The van der Waals surface area contributed by atoms with Crippen molar-refractivity contribution in [3.05, 3.63) is 34.6 Å². The van der Waals surface area contributed by atoms with Crippen molar-refractivity contribution in [3.8, 4) is 0 Å². The van der Waals surface area contributed by atoms with Gasteiger partial charge in [0, 0.05) is 29.2 Å². The van der Waals surface area contributed by atoms with Crippen LogP contribution in [0.1, 0.15) is 12.0 Å². The number of nitrogens with zero attached hydrogens (tertiary/aromatic N) is 2. The van der Waals surface area contributed by atoms with Crippen LogP contribution in [-0.4, -0.2) is 55.6 Å². The van der Waals surface area contributed by atoms with E-state index < -0.39 is 0 Å². The fourth-order valence-electron chi connectivity index (χ4n) is 2.99. The molecule has 118 valence electrons. The molecule has 1 saturated heterocycles. The number of hydrogen-bond donors (Lipinski definition) is 2. The molecule has 1 aliphatic heterocycles. The minimum atomic E-state index is -0.271. The summed E-state index contributed by atoms with van der Waals surface area (Å²) in [5, 5.41) is 0.458. The summed E-state index contributed by atoms with van der Waals surface area (Å²) in [5.74, 6) is 5.48. The van der Waals surface area contributed by atoms with Gasteiger partial charge in [0.05, 0.1) is 0 Å². The van der Waals surface area contributed by atoms with E-state index in [-0.39, 0.29) is 17.9 Å². The maximum absolute atomic E-state index is 14.0. The van der Waals surface area contributed by atoms with Gasteiger partial charge in [-0.1, -0.05) is 17.7 Å². The Balaban J connectivity index is 2.18. The van der Waals surface area contributed by atoms with E-state index in [1.165, 1.54) is 6.07 Å². The first-order valence-corrected chi connectivity index (χ1v) is 7.68. The molecular weight excluding hydrogens is 291 g/mol. The van der Waals surface area contributed by atoms with Gasteiger partial charge < -0.3 is 9.80 Å². The van der Waals surface area contributed by atoms with E-state index in [1.807, 2.05) is 0 Å². The van der Waals surface area contributed by atoms with Gasteiger partial charge in [0.1, 0.15) is 5.82 Å². The molecule has 1 heterocycles. The first-order valence-electron chi connectivity index (χ1n) is 7.30. The largest absolute Gasteiger partial charge is 0.305 e. The van der Waals surface area contributed by atoms with Crippen LogP contribution in [0.5, 0.6) is 0 Å². The SMILES string of the molecule is CN1CCCN(C)C(C(Cc2c(F)cccc2Cl)NN)C1. The number of nitrogens with two attached hydrogens (primary N) is 1. The topological polar surface area (TPSA) is 44.5 Å². The number of rotatable bonds is 4. The zero-order chi connectivity index (χ0) is 15.4. The predicted molar refractivity (Wildman–Crippen MR) is 84.8 cm³/mol. The molecular formula is C15H24ClFN4. The zero-order valence-electron chi connectivity index (χ0n) is 12.6. The first kappa shape index (κ1) is 16.6. The van der Waals surface area contributed by atoms with Gasteiger partial charge in [-0.3, -0.25) is 11.3 Å². The van der Waals surface area contributed by atoms with Crippen LogP contribution >= 0.6 is 11.6 Å². The molecule has 1 aromatic carbocycles. The molecule has 0 saturated carbocycles. The van der Waals surface area contributed by atoms with Gasteiger partial charge in [-0.25, -0.2) is 4.39 Å². The molecule has 4 nitrogen and oxygen atoms in total. The highest BCUT2D eigenvalue weighted by atomic mass is 35.5. The summed E-state index contributed by atoms with van der Waals surface area (Å²) in [6.07, 6.45) is 1.60. The third-order valence-electron chi connectivity index (χ3n) is 4.28. The predicted octanol–water partition coefficient (Wildman–Crippen LogP) is 1.49. The lowest BCUT2D eigenvalue weighted by Crippen LogP contribution is -2.55. The van der Waals surface area contributed by atoms with Crippen molar-refractivity contribution in [2.45, 2.75) is 24.9 Å². The number of hydrogen-bond acceptors (Lipinski definition) is 4. The van der Waals surface area contributed by atoms with Crippen molar-refractivity contribution in [1.82, 2.24) is 15.2 Å². The summed E-state index contributed by atoms with van der Waals surface area (Å²) in [6.45, 7) is 2.98. The molecule has 1 fully saturated rings. The van der Waals surface area contributed by atoms with Crippen molar-refractivity contribution in [3.63, 3.8) is 0 Å². The molecule has 6 heteroatoms. The minimum Gasteiger partial charge on any atom is -0.305 e. The normalized spacial score (nSPS) is 23.0. The molecule has 1 aliphatic rings. The lowest BCUT2D eigenvalue weighted by atomic mass is 9.98. The fraction of sp³-hybridized carbons (Fsp3) is 0.600. The van der Waals surface area contributed by atoms with E-state index in [2.05, 4.69) is 29.3 Å². The molecule has 2 atom stereocenters. The molecule has 0 spiro atoms. The molecule has 0 bridgehead atoms. The summed E-state index contributed by atoms with van der Waals surface area (Å²) in [6, 6.07) is 4.95. The van der Waals surface area contributed by atoms with Gasteiger partial charge in [-0.15, -0.1) is 0 Å². The maximum atomic E-state index is 14.0. The number of halogens is 2. The molecule has 0 amide bonds. The standard InChI is InChI=1S/C15H24ClFN4/c1-20-7-4-8-21(2)15(10-20)14(19-18)9-11-12(16)5-3-6-13(11)17/h3,5-6,14-15,19H,4,7-10,18H2,1-2H3. The van der Waals surface area contributed by atoms with Crippen LogP contribution in [0.25, 0.3) is 0 Å². The average molecular weight is 315 g/mol. The Morgan fingerprint density at radius 2 is 2.19 bits per heavy atom. The van der Waals surface area contributed by atoms with Crippen molar-refractivity contribution >= 4 is 11.6 Å². The Morgan fingerprint density at radius 1 is 1.43 bits per heavy atom. The van der Waals surface area contributed by atoms with Crippen LogP contribution in [0.15, 0.2) is 18.2 Å². The molecule has 21 heavy (non-hydrogen) atoms. The second-order valence-electron chi connectivity index (χ2n) is 5.84. The fourth-order valence-corrected chi connectivity index (χ4v) is 3.23. The van der Waals surface area contributed by atoms with Crippen molar-refractivity contribution in [2.24, 2.45) is 5.84 Å². The van der Waals surface area contributed by atoms with Gasteiger partial charge in [0.15, 0.2) is 0 Å². The Morgan fingerprint density at radius 3 is 2.86 bits per heavy atom. The number of hydrazine groups is 1. The Kier molecular flexibility index (Phi) is 5.96. The first-order chi connectivity index (χ1) is 10.0. The third-order valence-corrected chi connectivity index (χ3v) is 4.63. The van der Waals surface area contributed by atoms with Gasteiger partial charge in [0.25, 0.3) is 0 Å². The van der Waals surface area contributed by atoms with Crippen LogP contribution in [0.2, 0.25) is 5.02 Å². The van der Waals surface area contributed by atoms with Crippen molar-refractivity contribution < 1.29 is 4.39 Å². The highest BCUT2D eigenvalue weighted by Crippen LogP contribution is 2.22. The van der Waals surface area contributed by atoms with Gasteiger partial charge >= 0.3 is 0 Å². The Labute approximate surface area is 131 Å². The second-order valence-corrected chi connectivity index (χ2v) is 6.25. The number of benzene rings is 1. The maximum Gasteiger partial charge on any atom is 0.127 e. The molecule has 3 N–H and O–H groups in total. The lowest BCUT2D eigenvalue weighted by molar-refractivity contribution is 0.177. The van der Waals surface area contributed by atoms with Crippen molar-refractivity contribution in [1.29, 1.82) is 0 Å². The lowest BCUT2D eigenvalue weighted by Gasteiger charge is -2.34. The van der Waals surface area contributed by atoms with Crippen LogP contribution in [-0.2, 0) is 6.42 Å². The van der Waals surface area contributed by atoms with Crippen LogP contribution in [0.3, 0.4) is 0 Å². The van der Waals surface area contributed by atoms with Crippen molar-refractivity contribution in [2.75, 3.05) is 33.7 Å². The van der Waals surface area contributed by atoms with Gasteiger partial charge in [-0.05, 0) is 52.2 Å². The Bertz CT molecular complexity index is 451. The molecule has 1 aromatic rings. The molecule has 2 unspecified atom stereocenters. The zero-order valence-corrected chi connectivity index (χ0v) is 13.4. The van der Waals surface area contributed by atoms with E-state index in [0.29, 0.717) is 17.0 Å². The van der Waals surface area contributed by atoms with E-state index in [4.69, 9.17) is 17.4 Å². The molecule has 0 aromatic heterocycles. The molecule has 0 radical (unpaired) electrons. The quantitative estimate of drug-likeness (QED) is 0.653. The smallest absolute Gasteiger partial charge is 0.127 e. The summed E-state index contributed by atoms with van der Waals surface area (Å²) in [7, 11) is 4.20. The van der Waals surface area contributed by atoms with E-state index in [1.54, 1.807) is 12.1 Å². The summed E-state index contributed by atoms with van der Waals surface area (Å²) >= 11 is 6.13. The van der Waals surface area contributed by atoms with Gasteiger partial charge in [-0.2, -0.15) is 0 Å². The monoisotopic (exact) mass is 314 g/mol. The van der Waals surface area contributed by atoms with Crippen LogP contribution < -0.4 is 11.3 Å². The third kappa shape index (κ3) is 4.14. The number of nitrogens with one attached hydrogen (secondary N) is 1. The highest BCUT2D eigenvalue weighted by molar-refractivity contribution is 6.31.